The van der Waals surface area contributed by atoms with Gasteiger partial charge >= 0.3 is 0 Å². The van der Waals surface area contributed by atoms with E-state index < -0.39 is 0 Å². The second-order valence-electron chi connectivity index (χ2n) is 6.28. The lowest BCUT2D eigenvalue weighted by Crippen LogP contribution is -2.22. The van der Waals surface area contributed by atoms with Gasteiger partial charge in [-0.15, -0.1) is 0 Å². The van der Waals surface area contributed by atoms with E-state index in [-0.39, 0.29) is 0 Å². The van der Waals surface area contributed by atoms with Gasteiger partial charge in [0, 0.05) is 24.5 Å². The van der Waals surface area contributed by atoms with Crippen molar-refractivity contribution in [2.45, 2.75) is 20.4 Å². The van der Waals surface area contributed by atoms with Gasteiger partial charge < -0.3 is 20.7 Å². The minimum Gasteiger partial charge on any atom is -0.476 e. The molecule has 3 N–H and O–H groups in total. The molecule has 0 amide bonds. The number of benzene rings is 1. The predicted molar refractivity (Wildman–Crippen MR) is 103 cm³/mol. The molecule has 1 aromatic heterocycles. The van der Waals surface area contributed by atoms with E-state index in [0.717, 1.165) is 17.8 Å². The van der Waals surface area contributed by atoms with Crippen LogP contribution < -0.4 is 15.8 Å². The molecule has 0 aliphatic heterocycles. The second kappa shape index (κ2) is 9.03. The van der Waals surface area contributed by atoms with Crippen LogP contribution in [0.25, 0.3) is 0 Å². The Balaban J connectivity index is 1.92. The Bertz CT molecular complexity index is 728. The van der Waals surface area contributed by atoms with Crippen molar-refractivity contribution in [3.8, 4) is 5.88 Å². The van der Waals surface area contributed by atoms with Crippen LogP contribution in [0.5, 0.6) is 5.88 Å². The van der Waals surface area contributed by atoms with Crippen LogP contribution in [0.1, 0.15) is 16.7 Å². The van der Waals surface area contributed by atoms with Crippen LogP contribution in [0.3, 0.4) is 0 Å². The Kier molecular flexibility index (Phi) is 6.77. The highest BCUT2D eigenvalue weighted by molar-refractivity contribution is 5.92. The predicted octanol–water partition coefficient (Wildman–Crippen LogP) is 2.57. The summed E-state index contributed by atoms with van der Waals surface area (Å²) in [5.41, 5.74) is 10.4. The van der Waals surface area contributed by atoms with E-state index in [2.05, 4.69) is 46.2 Å². The van der Waals surface area contributed by atoms with Crippen LogP contribution in [-0.4, -0.2) is 43.1 Å². The summed E-state index contributed by atoms with van der Waals surface area (Å²) in [5, 5.41) is 3.12. The molecular formula is C19H27N5O. The van der Waals surface area contributed by atoms with Crippen LogP contribution >= 0.6 is 0 Å². The molecule has 0 atom stereocenters. The van der Waals surface area contributed by atoms with Gasteiger partial charge in [-0.3, -0.25) is 0 Å². The molecule has 2 aromatic rings. The minimum atomic E-state index is 0.384. The largest absolute Gasteiger partial charge is 0.476 e. The number of rotatable bonds is 7. The Morgan fingerprint density at radius 3 is 2.72 bits per heavy atom. The first-order valence-corrected chi connectivity index (χ1v) is 8.30. The molecular weight excluding hydrogens is 314 g/mol. The first-order chi connectivity index (χ1) is 11.9. The van der Waals surface area contributed by atoms with E-state index >= 15 is 0 Å². The normalized spacial score (nSPS) is 11.6. The number of aryl methyl sites for hydroxylation is 2. The van der Waals surface area contributed by atoms with Gasteiger partial charge in [-0.25, -0.2) is 9.98 Å². The summed E-state index contributed by atoms with van der Waals surface area (Å²) in [5.74, 6) is 0.991. The van der Waals surface area contributed by atoms with Crippen LogP contribution in [0, 0.1) is 13.8 Å². The topological polar surface area (TPSA) is 75.8 Å². The monoisotopic (exact) mass is 341 g/mol. The van der Waals surface area contributed by atoms with Crippen LogP contribution in [0.2, 0.25) is 0 Å². The van der Waals surface area contributed by atoms with Gasteiger partial charge in [-0.05, 0) is 62.8 Å². The first kappa shape index (κ1) is 18.7. The maximum Gasteiger partial charge on any atom is 0.213 e. The van der Waals surface area contributed by atoms with Gasteiger partial charge in [-0.2, -0.15) is 0 Å². The molecule has 0 aliphatic carbocycles. The Morgan fingerprint density at radius 1 is 1.20 bits per heavy atom. The number of hydrogen-bond acceptors (Lipinski definition) is 4. The Hall–Kier alpha value is -2.60. The lowest BCUT2D eigenvalue weighted by molar-refractivity contribution is 0.253. The number of likely N-dealkylation sites (N-methyl/N-ethyl adjacent to an activating group) is 1. The number of ether oxygens (including phenoxy) is 1. The van der Waals surface area contributed by atoms with Crippen LogP contribution in [0.15, 0.2) is 41.5 Å². The fourth-order valence-electron chi connectivity index (χ4n) is 2.14. The molecule has 0 saturated carbocycles. The summed E-state index contributed by atoms with van der Waals surface area (Å²) in [7, 11) is 4.01. The first-order valence-electron chi connectivity index (χ1n) is 8.30. The lowest BCUT2D eigenvalue weighted by Gasteiger charge is -2.11. The molecule has 6 heteroatoms. The van der Waals surface area contributed by atoms with Crippen LogP contribution in [-0.2, 0) is 6.54 Å². The molecule has 0 bridgehead atoms. The van der Waals surface area contributed by atoms with E-state index in [0.29, 0.717) is 25.0 Å². The van der Waals surface area contributed by atoms with E-state index in [4.69, 9.17) is 10.5 Å². The molecule has 0 aliphatic rings. The molecule has 0 fully saturated rings. The number of aromatic nitrogens is 1. The zero-order valence-electron chi connectivity index (χ0n) is 15.4. The summed E-state index contributed by atoms with van der Waals surface area (Å²) in [6.45, 7) is 6.07. The number of nitrogens with two attached hydrogens (primary N) is 1. The Labute approximate surface area is 149 Å². The molecule has 6 nitrogen and oxygen atoms in total. The van der Waals surface area contributed by atoms with E-state index in [9.17, 15) is 0 Å². The molecule has 0 radical (unpaired) electrons. The highest BCUT2D eigenvalue weighted by atomic mass is 16.5. The van der Waals surface area contributed by atoms with Crippen molar-refractivity contribution in [2.75, 3.05) is 32.6 Å². The van der Waals surface area contributed by atoms with Gasteiger partial charge in [0.05, 0.1) is 6.54 Å². The highest BCUT2D eigenvalue weighted by Crippen LogP contribution is 2.14. The number of pyridine rings is 1. The SMILES string of the molecule is Cc1ccc(NC(N)=NCc2ccnc(OCCN(C)C)c2)cc1C. The third kappa shape index (κ3) is 6.43. The third-order valence-electron chi connectivity index (χ3n) is 3.80. The summed E-state index contributed by atoms with van der Waals surface area (Å²) in [4.78, 5) is 10.7. The van der Waals surface area contributed by atoms with Crippen molar-refractivity contribution < 1.29 is 4.74 Å². The van der Waals surface area contributed by atoms with Crippen molar-refractivity contribution in [1.29, 1.82) is 0 Å². The number of nitrogens with one attached hydrogen (secondary N) is 1. The van der Waals surface area contributed by atoms with Gasteiger partial charge in [0.15, 0.2) is 5.96 Å². The van der Waals surface area contributed by atoms with Crippen molar-refractivity contribution in [3.63, 3.8) is 0 Å². The maximum atomic E-state index is 5.98. The smallest absolute Gasteiger partial charge is 0.213 e. The third-order valence-corrected chi connectivity index (χ3v) is 3.80. The minimum absolute atomic E-state index is 0.384. The zero-order valence-corrected chi connectivity index (χ0v) is 15.4. The maximum absolute atomic E-state index is 5.98. The molecule has 25 heavy (non-hydrogen) atoms. The van der Waals surface area contributed by atoms with Gasteiger partial charge in [0.25, 0.3) is 0 Å². The molecule has 2 rings (SSSR count). The Morgan fingerprint density at radius 2 is 2.00 bits per heavy atom. The van der Waals surface area contributed by atoms with Gasteiger partial charge in [-0.1, -0.05) is 6.07 Å². The van der Waals surface area contributed by atoms with Gasteiger partial charge in [0.2, 0.25) is 5.88 Å². The number of hydrogen-bond donors (Lipinski definition) is 2. The fourth-order valence-corrected chi connectivity index (χ4v) is 2.14. The zero-order chi connectivity index (χ0) is 18.2. The molecule has 0 unspecified atom stereocenters. The number of aliphatic imine (C=N–C) groups is 1. The molecule has 1 aromatic carbocycles. The van der Waals surface area contributed by atoms with Gasteiger partial charge in [0.1, 0.15) is 6.61 Å². The number of nitrogens with zero attached hydrogens (tertiary/aromatic N) is 3. The van der Waals surface area contributed by atoms with Crippen LogP contribution in [0.4, 0.5) is 5.69 Å². The molecule has 0 saturated heterocycles. The lowest BCUT2D eigenvalue weighted by atomic mass is 10.1. The van der Waals surface area contributed by atoms with Crippen molar-refractivity contribution in [1.82, 2.24) is 9.88 Å². The van der Waals surface area contributed by atoms with Crippen molar-refractivity contribution in [2.24, 2.45) is 10.7 Å². The van der Waals surface area contributed by atoms with E-state index in [1.54, 1.807) is 6.20 Å². The number of guanidine groups is 1. The summed E-state index contributed by atoms with van der Waals surface area (Å²) < 4.78 is 5.64. The highest BCUT2D eigenvalue weighted by Gasteiger charge is 2.01. The quantitative estimate of drug-likeness (QED) is 0.598. The second-order valence-corrected chi connectivity index (χ2v) is 6.28. The summed E-state index contributed by atoms with van der Waals surface area (Å²) >= 11 is 0. The standard InChI is InChI=1S/C19H27N5O/c1-14-5-6-17(11-15(14)2)23-19(20)22-13-16-7-8-21-18(12-16)25-10-9-24(3)4/h5-8,11-12H,9-10,13H2,1-4H3,(H3,20,22,23). The average Bonchev–Trinajstić information content (AvgIpc) is 2.56. The van der Waals surface area contributed by atoms with E-state index in [1.165, 1.54) is 11.1 Å². The molecule has 1 heterocycles. The number of anilines is 1. The average molecular weight is 341 g/mol. The molecule has 134 valence electrons. The van der Waals surface area contributed by atoms with Crippen molar-refractivity contribution >= 4 is 11.6 Å². The van der Waals surface area contributed by atoms with E-state index in [1.807, 2.05) is 32.3 Å². The fraction of sp³-hybridized carbons (Fsp3) is 0.368. The molecule has 0 spiro atoms. The summed E-state index contributed by atoms with van der Waals surface area (Å²) in [6.07, 6.45) is 1.72. The summed E-state index contributed by atoms with van der Waals surface area (Å²) in [6, 6.07) is 9.91. The van der Waals surface area contributed by atoms with Crippen molar-refractivity contribution in [3.05, 3.63) is 53.2 Å².